The van der Waals surface area contributed by atoms with Crippen molar-refractivity contribution in [2.75, 3.05) is 5.73 Å². The largest absolute Gasteiger partial charge is 0.396 e. The second-order valence-corrected chi connectivity index (χ2v) is 6.01. The monoisotopic (exact) mass is 331 g/mol. The van der Waals surface area contributed by atoms with Crippen LogP contribution >= 0.6 is 0 Å². The van der Waals surface area contributed by atoms with E-state index in [9.17, 15) is 4.79 Å². The molecule has 0 amide bonds. The van der Waals surface area contributed by atoms with Crippen molar-refractivity contribution in [3.8, 4) is 11.4 Å². The molecule has 25 heavy (non-hydrogen) atoms. The van der Waals surface area contributed by atoms with Crippen LogP contribution in [-0.2, 0) is 0 Å². The average Bonchev–Trinajstić information content (AvgIpc) is 3.10. The highest BCUT2D eigenvalue weighted by Gasteiger charge is 2.18. The van der Waals surface area contributed by atoms with Gasteiger partial charge in [-0.1, -0.05) is 17.7 Å². The van der Waals surface area contributed by atoms with Crippen molar-refractivity contribution in [2.45, 2.75) is 13.8 Å². The Balaban J connectivity index is 2.18. The lowest BCUT2D eigenvalue weighted by atomic mass is 10.1. The third kappa shape index (κ3) is 2.39. The van der Waals surface area contributed by atoms with Crippen LogP contribution in [-0.4, -0.2) is 19.3 Å². The average molecular weight is 331 g/mol. The van der Waals surface area contributed by atoms with Gasteiger partial charge in [0.25, 0.3) is 5.56 Å². The van der Waals surface area contributed by atoms with E-state index < -0.39 is 0 Å². The molecule has 0 aliphatic rings. The number of aromatic nitrogens is 4. The lowest BCUT2D eigenvalue weighted by molar-refractivity contribution is 0.851. The van der Waals surface area contributed by atoms with Gasteiger partial charge in [-0.05, 0) is 44.2 Å². The first-order valence-corrected chi connectivity index (χ1v) is 7.95. The summed E-state index contributed by atoms with van der Waals surface area (Å²) in [6.07, 6.45) is 3.33. The number of hydrogen-bond donors (Lipinski definition) is 1. The lowest BCUT2D eigenvalue weighted by Crippen LogP contribution is -2.26. The van der Waals surface area contributed by atoms with Crippen molar-refractivity contribution >= 4 is 16.7 Å². The zero-order valence-electron chi connectivity index (χ0n) is 14.0. The maximum Gasteiger partial charge on any atom is 0.284 e. The molecular weight excluding hydrogens is 314 g/mol. The highest BCUT2D eigenvalue weighted by Crippen LogP contribution is 2.25. The first-order chi connectivity index (χ1) is 12.1. The van der Waals surface area contributed by atoms with E-state index in [1.54, 1.807) is 23.0 Å². The van der Waals surface area contributed by atoms with Crippen LogP contribution in [0.1, 0.15) is 11.3 Å². The summed E-state index contributed by atoms with van der Waals surface area (Å²) in [5, 5.41) is 4.90. The summed E-state index contributed by atoms with van der Waals surface area (Å²) >= 11 is 0. The predicted molar refractivity (Wildman–Crippen MR) is 98.3 cm³/mol. The van der Waals surface area contributed by atoms with E-state index in [-0.39, 0.29) is 5.56 Å². The van der Waals surface area contributed by atoms with Crippen molar-refractivity contribution in [2.24, 2.45) is 0 Å². The van der Waals surface area contributed by atoms with E-state index in [1.165, 1.54) is 4.68 Å². The fourth-order valence-corrected chi connectivity index (χ4v) is 2.92. The second-order valence-electron chi connectivity index (χ2n) is 6.01. The minimum absolute atomic E-state index is 0.254. The Morgan fingerprint density at radius 1 is 1.04 bits per heavy atom. The van der Waals surface area contributed by atoms with Gasteiger partial charge in [-0.15, -0.1) is 0 Å². The minimum atomic E-state index is -0.254. The molecule has 0 aliphatic carbocycles. The number of benzene rings is 1. The molecular formula is C19H17N5O. The first kappa shape index (κ1) is 15.1. The number of pyridine rings is 2. The number of fused-ring (bicyclic) bond motifs is 1. The maximum absolute atomic E-state index is 13.3. The van der Waals surface area contributed by atoms with Gasteiger partial charge in [0.1, 0.15) is 5.65 Å². The van der Waals surface area contributed by atoms with Crippen LogP contribution in [0.4, 0.5) is 5.69 Å². The Bertz CT molecular complexity index is 1130. The van der Waals surface area contributed by atoms with E-state index >= 15 is 0 Å². The van der Waals surface area contributed by atoms with Gasteiger partial charge in [0.2, 0.25) is 0 Å². The lowest BCUT2D eigenvalue weighted by Gasteiger charge is -2.15. The molecule has 4 aromatic rings. The number of nitrogens with two attached hydrogens (primary N) is 1. The molecule has 0 atom stereocenters. The van der Waals surface area contributed by atoms with Crippen molar-refractivity contribution in [3.05, 3.63) is 76.5 Å². The summed E-state index contributed by atoms with van der Waals surface area (Å²) in [6, 6.07) is 13.3. The standard InChI is InChI=1S/C19H17N5O/c1-12-4-7-14(8-5-12)24-18-15(9-6-13(2)22-18)16(20)17(19(24)25)23-11-3-10-21-23/h3-11H,20H2,1-2H3. The Morgan fingerprint density at radius 3 is 2.48 bits per heavy atom. The second kappa shape index (κ2) is 5.59. The Morgan fingerprint density at radius 2 is 1.80 bits per heavy atom. The van der Waals surface area contributed by atoms with Crippen LogP contribution in [0.5, 0.6) is 0 Å². The smallest absolute Gasteiger partial charge is 0.284 e. The summed E-state index contributed by atoms with van der Waals surface area (Å²) in [6.45, 7) is 3.90. The van der Waals surface area contributed by atoms with Gasteiger partial charge >= 0.3 is 0 Å². The number of rotatable bonds is 2. The third-order valence-corrected chi connectivity index (χ3v) is 4.20. The zero-order chi connectivity index (χ0) is 17.6. The first-order valence-electron chi connectivity index (χ1n) is 7.95. The number of anilines is 1. The molecule has 124 valence electrons. The molecule has 1 aromatic carbocycles. The van der Waals surface area contributed by atoms with Gasteiger partial charge in [0.05, 0.1) is 11.4 Å². The SMILES string of the molecule is Cc1ccc(-n2c(=O)c(-n3cccn3)c(N)c3ccc(C)nc32)cc1. The molecule has 0 unspecified atom stereocenters. The summed E-state index contributed by atoms with van der Waals surface area (Å²) in [5.41, 5.74) is 9.98. The molecule has 0 spiro atoms. The van der Waals surface area contributed by atoms with Gasteiger partial charge in [-0.25, -0.2) is 9.67 Å². The fraction of sp³-hybridized carbons (Fsp3) is 0.105. The molecule has 2 N–H and O–H groups in total. The molecule has 0 bridgehead atoms. The van der Waals surface area contributed by atoms with E-state index in [1.807, 2.05) is 50.2 Å². The van der Waals surface area contributed by atoms with Gasteiger partial charge in [0, 0.05) is 23.5 Å². The van der Waals surface area contributed by atoms with Crippen molar-refractivity contribution in [1.82, 2.24) is 19.3 Å². The molecule has 6 heteroatoms. The summed E-state index contributed by atoms with van der Waals surface area (Å²) in [7, 11) is 0. The number of nitrogen functional groups attached to an aromatic ring is 1. The third-order valence-electron chi connectivity index (χ3n) is 4.20. The van der Waals surface area contributed by atoms with Crippen LogP contribution in [0.3, 0.4) is 0 Å². The van der Waals surface area contributed by atoms with Crippen LogP contribution in [0.15, 0.2) is 59.7 Å². The van der Waals surface area contributed by atoms with E-state index in [4.69, 9.17) is 5.73 Å². The van der Waals surface area contributed by atoms with Crippen molar-refractivity contribution in [3.63, 3.8) is 0 Å². The Kier molecular flexibility index (Phi) is 3.39. The Hall–Kier alpha value is -3.41. The molecule has 0 aliphatic heterocycles. The normalized spacial score (nSPS) is 11.1. The predicted octanol–water partition coefficient (Wildman–Crippen LogP) is 2.77. The van der Waals surface area contributed by atoms with Crippen LogP contribution in [0, 0.1) is 13.8 Å². The molecule has 0 saturated heterocycles. The fourth-order valence-electron chi connectivity index (χ4n) is 2.92. The molecule has 0 fully saturated rings. The van der Waals surface area contributed by atoms with Gasteiger partial charge in [0.15, 0.2) is 5.69 Å². The quantitative estimate of drug-likeness (QED) is 0.612. The molecule has 0 saturated carbocycles. The highest BCUT2D eigenvalue weighted by atomic mass is 16.1. The van der Waals surface area contributed by atoms with Crippen LogP contribution < -0.4 is 11.3 Å². The van der Waals surface area contributed by atoms with Gasteiger partial charge in [-0.3, -0.25) is 9.36 Å². The van der Waals surface area contributed by atoms with Crippen molar-refractivity contribution < 1.29 is 0 Å². The summed E-state index contributed by atoms with van der Waals surface area (Å²) in [5.74, 6) is 0. The summed E-state index contributed by atoms with van der Waals surface area (Å²) < 4.78 is 3.09. The number of hydrogen-bond acceptors (Lipinski definition) is 4. The van der Waals surface area contributed by atoms with Gasteiger partial charge < -0.3 is 5.73 Å². The van der Waals surface area contributed by atoms with Crippen molar-refractivity contribution in [1.29, 1.82) is 0 Å². The minimum Gasteiger partial charge on any atom is -0.396 e. The van der Waals surface area contributed by atoms with Gasteiger partial charge in [-0.2, -0.15) is 5.10 Å². The van der Waals surface area contributed by atoms with E-state index in [0.29, 0.717) is 17.0 Å². The van der Waals surface area contributed by atoms with E-state index in [0.717, 1.165) is 22.3 Å². The Labute approximate surface area is 144 Å². The zero-order valence-corrected chi connectivity index (χ0v) is 14.0. The van der Waals surface area contributed by atoms with Crippen LogP contribution in [0.25, 0.3) is 22.4 Å². The molecule has 4 rings (SSSR count). The molecule has 3 aromatic heterocycles. The maximum atomic E-state index is 13.3. The van der Waals surface area contributed by atoms with Crippen LogP contribution in [0.2, 0.25) is 0 Å². The molecule has 0 radical (unpaired) electrons. The number of nitrogens with zero attached hydrogens (tertiary/aromatic N) is 4. The van der Waals surface area contributed by atoms with E-state index in [2.05, 4.69) is 10.1 Å². The topological polar surface area (TPSA) is 78.7 Å². The highest BCUT2D eigenvalue weighted by molar-refractivity contribution is 5.93. The molecule has 6 nitrogen and oxygen atoms in total. The molecule has 3 heterocycles. The summed E-state index contributed by atoms with van der Waals surface area (Å²) in [4.78, 5) is 17.9. The number of aryl methyl sites for hydroxylation is 2.